The Kier molecular flexibility index (Phi) is 3.60. The van der Waals surface area contributed by atoms with Gasteiger partial charge in [-0.1, -0.05) is 19.1 Å². The van der Waals surface area contributed by atoms with Crippen LogP contribution in [0.2, 0.25) is 0 Å². The molecule has 0 amide bonds. The largest absolute Gasteiger partial charge is 0.320 e. The van der Waals surface area contributed by atoms with Crippen molar-refractivity contribution in [2.75, 3.05) is 0 Å². The van der Waals surface area contributed by atoms with Gasteiger partial charge in [-0.2, -0.15) is 0 Å². The predicted octanol–water partition coefficient (Wildman–Crippen LogP) is 3.81. The lowest BCUT2D eigenvalue weighted by Gasteiger charge is -2.13. The van der Waals surface area contributed by atoms with Gasteiger partial charge in [-0.25, -0.2) is 4.39 Å². The second-order valence-electron chi connectivity index (χ2n) is 4.15. The van der Waals surface area contributed by atoms with Crippen LogP contribution in [-0.4, -0.2) is 0 Å². The minimum atomic E-state index is -0.222. The number of hydrogen-bond acceptors (Lipinski definition) is 2. The minimum Gasteiger partial charge on any atom is -0.320 e. The summed E-state index contributed by atoms with van der Waals surface area (Å²) in [6.07, 6.45) is 0.959. The van der Waals surface area contributed by atoms with Gasteiger partial charge < -0.3 is 5.73 Å². The van der Waals surface area contributed by atoms with Gasteiger partial charge in [0.05, 0.1) is 6.04 Å². The summed E-state index contributed by atoms with van der Waals surface area (Å²) < 4.78 is 13.5. The van der Waals surface area contributed by atoms with Gasteiger partial charge in [-0.05, 0) is 47.5 Å². The van der Waals surface area contributed by atoms with Crippen LogP contribution in [0.15, 0.2) is 29.6 Å². The van der Waals surface area contributed by atoms with Gasteiger partial charge >= 0.3 is 0 Å². The maximum atomic E-state index is 13.5. The second kappa shape index (κ2) is 4.98. The molecule has 0 bridgehead atoms. The fourth-order valence-electron chi connectivity index (χ4n) is 1.87. The lowest BCUT2D eigenvalue weighted by atomic mass is 10.0. The second-order valence-corrected chi connectivity index (χ2v) is 5.10. The first-order chi connectivity index (χ1) is 8.13. The average molecular weight is 249 g/mol. The van der Waals surface area contributed by atoms with Crippen molar-refractivity contribution in [1.82, 2.24) is 0 Å². The van der Waals surface area contributed by atoms with Crippen LogP contribution in [-0.2, 0) is 6.42 Å². The monoisotopic (exact) mass is 249 g/mol. The third kappa shape index (κ3) is 2.40. The van der Waals surface area contributed by atoms with Crippen LogP contribution in [0.1, 0.15) is 34.5 Å². The van der Waals surface area contributed by atoms with Crippen LogP contribution in [0.25, 0.3) is 0 Å². The Balaban J connectivity index is 2.36. The van der Waals surface area contributed by atoms with Gasteiger partial charge in [-0.15, -0.1) is 11.3 Å². The molecule has 2 N–H and O–H groups in total. The van der Waals surface area contributed by atoms with Crippen molar-refractivity contribution in [2.45, 2.75) is 26.3 Å². The van der Waals surface area contributed by atoms with Crippen LogP contribution >= 0.6 is 11.3 Å². The molecule has 0 spiro atoms. The molecule has 2 rings (SSSR count). The number of hydrogen-bond donors (Lipinski definition) is 1. The summed E-state index contributed by atoms with van der Waals surface area (Å²) in [5, 5.41) is 2.04. The van der Waals surface area contributed by atoms with E-state index in [4.69, 9.17) is 5.73 Å². The summed E-state index contributed by atoms with van der Waals surface area (Å²) in [4.78, 5) is 1.13. The number of thiophene rings is 1. The molecular weight excluding hydrogens is 233 g/mol. The molecule has 0 aliphatic carbocycles. The first kappa shape index (κ1) is 12.3. The molecule has 0 fully saturated rings. The highest BCUT2D eigenvalue weighted by Crippen LogP contribution is 2.29. The van der Waals surface area contributed by atoms with E-state index in [1.165, 1.54) is 5.56 Å². The summed E-state index contributed by atoms with van der Waals surface area (Å²) >= 11 is 1.64. The normalized spacial score (nSPS) is 12.7. The molecule has 1 nitrogen and oxygen atoms in total. The molecule has 0 saturated carbocycles. The Morgan fingerprint density at radius 2 is 2.12 bits per heavy atom. The lowest BCUT2D eigenvalue weighted by molar-refractivity contribution is 0.614. The fraction of sp³-hybridized carbons (Fsp3) is 0.286. The zero-order valence-electron chi connectivity index (χ0n) is 10.0. The summed E-state index contributed by atoms with van der Waals surface area (Å²) in [5.74, 6) is -0.187. The number of nitrogens with two attached hydrogens (primary N) is 1. The first-order valence-corrected chi connectivity index (χ1v) is 6.59. The molecule has 0 saturated heterocycles. The topological polar surface area (TPSA) is 26.0 Å². The SMILES string of the molecule is CCc1ccsc1C(N)c1ccc(C)c(F)c1. The molecule has 2 aromatic rings. The molecule has 17 heavy (non-hydrogen) atoms. The molecule has 0 radical (unpaired) electrons. The maximum Gasteiger partial charge on any atom is 0.126 e. The van der Waals surface area contributed by atoms with E-state index in [1.807, 2.05) is 11.4 Å². The van der Waals surface area contributed by atoms with Crippen molar-refractivity contribution >= 4 is 11.3 Å². The quantitative estimate of drug-likeness (QED) is 0.879. The Labute approximate surface area is 105 Å². The van der Waals surface area contributed by atoms with Gasteiger partial charge in [-0.3, -0.25) is 0 Å². The van der Waals surface area contributed by atoms with Gasteiger partial charge in [0, 0.05) is 4.88 Å². The van der Waals surface area contributed by atoms with Crippen LogP contribution in [0.4, 0.5) is 4.39 Å². The van der Waals surface area contributed by atoms with Crippen LogP contribution in [0.3, 0.4) is 0 Å². The summed E-state index contributed by atoms with van der Waals surface area (Å²) in [6, 6.07) is 7.09. The molecule has 1 atom stereocenters. The van der Waals surface area contributed by atoms with Crippen molar-refractivity contribution in [3.05, 3.63) is 57.0 Å². The van der Waals surface area contributed by atoms with Crippen LogP contribution < -0.4 is 5.73 Å². The molecule has 0 aliphatic rings. The highest BCUT2D eigenvalue weighted by molar-refractivity contribution is 7.10. The number of aryl methyl sites for hydroxylation is 2. The van der Waals surface area contributed by atoms with Crippen molar-refractivity contribution in [2.24, 2.45) is 5.73 Å². The maximum absolute atomic E-state index is 13.5. The van der Waals surface area contributed by atoms with E-state index < -0.39 is 0 Å². The van der Waals surface area contributed by atoms with Crippen molar-refractivity contribution < 1.29 is 4.39 Å². The molecule has 0 aliphatic heterocycles. The molecule has 1 aromatic heterocycles. The Bertz CT molecular complexity index is 519. The van der Waals surface area contributed by atoms with Crippen LogP contribution in [0.5, 0.6) is 0 Å². The molecular formula is C14H16FNS. The number of halogens is 1. The Morgan fingerprint density at radius 1 is 1.35 bits per heavy atom. The molecule has 1 heterocycles. The van der Waals surface area contributed by atoms with E-state index in [0.29, 0.717) is 5.56 Å². The van der Waals surface area contributed by atoms with Gasteiger partial charge in [0.25, 0.3) is 0 Å². The van der Waals surface area contributed by atoms with E-state index >= 15 is 0 Å². The Morgan fingerprint density at radius 3 is 2.76 bits per heavy atom. The zero-order chi connectivity index (χ0) is 12.4. The minimum absolute atomic E-state index is 0.187. The number of rotatable bonds is 3. The molecule has 1 unspecified atom stereocenters. The van der Waals surface area contributed by atoms with E-state index in [2.05, 4.69) is 13.0 Å². The third-order valence-electron chi connectivity index (χ3n) is 3.00. The summed E-state index contributed by atoms with van der Waals surface area (Å²) in [5.41, 5.74) is 8.95. The van der Waals surface area contributed by atoms with E-state index in [0.717, 1.165) is 16.9 Å². The summed E-state index contributed by atoms with van der Waals surface area (Å²) in [7, 11) is 0. The molecule has 1 aromatic carbocycles. The van der Waals surface area contributed by atoms with Crippen molar-refractivity contribution in [3.63, 3.8) is 0 Å². The van der Waals surface area contributed by atoms with E-state index in [1.54, 1.807) is 30.4 Å². The van der Waals surface area contributed by atoms with E-state index in [-0.39, 0.29) is 11.9 Å². The van der Waals surface area contributed by atoms with E-state index in [9.17, 15) is 4.39 Å². The molecule has 3 heteroatoms. The van der Waals surface area contributed by atoms with Gasteiger partial charge in [0.2, 0.25) is 0 Å². The zero-order valence-corrected chi connectivity index (χ0v) is 10.9. The lowest BCUT2D eigenvalue weighted by Crippen LogP contribution is -2.12. The van der Waals surface area contributed by atoms with Gasteiger partial charge in [0.15, 0.2) is 0 Å². The highest BCUT2D eigenvalue weighted by Gasteiger charge is 2.14. The predicted molar refractivity (Wildman–Crippen MR) is 70.9 cm³/mol. The standard InChI is InChI=1S/C14H16FNS/c1-3-10-6-7-17-14(10)13(16)11-5-4-9(2)12(15)8-11/h4-8,13H,3,16H2,1-2H3. The molecule has 90 valence electrons. The van der Waals surface area contributed by atoms with Crippen molar-refractivity contribution in [3.8, 4) is 0 Å². The Hall–Kier alpha value is -1.19. The van der Waals surface area contributed by atoms with Gasteiger partial charge in [0.1, 0.15) is 5.82 Å². The first-order valence-electron chi connectivity index (χ1n) is 5.71. The summed E-state index contributed by atoms with van der Waals surface area (Å²) in [6.45, 7) is 3.86. The van der Waals surface area contributed by atoms with Crippen LogP contribution in [0, 0.1) is 12.7 Å². The number of benzene rings is 1. The highest BCUT2D eigenvalue weighted by atomic mass is 32.1. The smallest absolute Gasteiger partial charge is 0.126 e. The van der Waals surface area contributed by atoms with Crippen molar-refractivity contribution in [1.29, 1.82) is 0 Å². The fourth-order valence-corrected chi connectivity index (χ4v) is 2.89. The third-order valence-corrected chi connectivity index (χ3v) is 4.04. The average Bonchev–Trinajstić information content (AvgIpc) is 2.80.